The number of nitrogens with zero attached hydrogens (tertiary/aromatic N) is 1. The number of hydrogen-bond acceptors (Lipinski definition) is 4. The summed E-state index contributed by atoms with van der Waals surface area (Å²) in [6.45, 7) is 2.48. The molecule has 0 aliphatic carbocycles. The first-order chi connectivity index (χ1) is 12.1. The van der Waals surface area contributed by atoms with Crippen LogP contribution in [0.1, 0.15) is 39.3 Å². The maximum Gasteiger partial charge on any atom is 0.338 e. The zero-order valence-electron chi connectivity index (χ0n) is 13.9. The molecule has 3 rings (SSSR count). The van der Waals surface area contributed by atoms with Gasteiger partial charge in [-0.3, -0.25) is 4.79 Å². The summed E-state index contributed by atoms with van der Waals surface area (Å²) in [6.07, 6.45) is 2.93. The maximum absolute atomic E-state index is 12.9. The van der Waals surface area contributed by atoms with E-state index in [-0.39, 0.29) is 17.2 Å². The Morgan fingerprint density at radius 1 is 1.16 bits per heavy atom. The van der Waals surface area contributed by atoms with E-state index in [1.807, 2.05) is 30.3 Å². The smallest absolute Gasteiger partial charge is 0.338 e. The second-order valence-corrected chi connectivity index (χ2v) is 6.23. The van der Waals surface area contributed by atoms with Gasteiger partial charge in [0.05, 0.1) is 5.56 Å². The van der Waals surface area contributed by atoms with Crippen LogP contribution in [0.2, 0.25) is 0 Å². The summed E-state index contributed by atoms with van der Waals surface area (Å²) in [5.41, 5.74) is 1.00. The van der Waals surface area contributed by atoms with Gasteiger partial charge in [-0.25, -0.2) is 4.79 Å². The lowest BCUT2D eigenvalue weighted by Crippen LogP contribution is -2.36. The van der Waals surface area contributed by atoms with E-state index in [0.29, 0.717) is 32.2 Å². The molecule has 6 nitrogen and oxygen atoms in total. The van der Waals surface area contributed by atoms with E-state index in [9.17, 15) is 9.59 Å². The lowest BCUT2D eigenvalue weighted by Gasteiger charge is -2.29. The summed E-state index contributed by atoms with van der Waals surface area (Å²) in [7, 11) is 0. The molecule has 1 amide bonds. The Hall–Kier alpha value is -2.60. The maximum atomic E-state index is 12.9. The SMILES string of the molecule is O=C(O)c1coc(C(=O)N(Cc2ccccc2)CC2CCOCC2)c1. The minimum absolute atomic E-state index is 0.0194. The third kappa shape index (κ3) is 4.48. The predicted octanol–water partition coefficient (Wildman–Crippen LogP) is 3.05. The first-order valence-corrected chi connectivity index (χ1v) is 8.36. The molecule has 1 N–H and O–H groups in total. The molecule has 0 atom stereocenters. The molecule has 6 heteroatoms. The van der Waals surface area contributed by atoms with Crippen molar-refractivity contribution in [3.05, 3.63) is 59.5 Å². The Morgan fingerprint density at radius 2 is 1.88 bits per heavy atom. The number of rotatable bonds is 6. The van der Waals surface area contributed by atoms with Gasteiger partial charge in [-0.2, -0.15) is 0 Å². The highest BCUT2D eigenvalue weighted by Crippen LogP contribution is 2.20. The summed E-state index contributed by atoms with van der Waals surface area (Å²) in [5, 5.41) is 9.02. The van der Waals surface area contributed by atoms with Crippen molar-refractivity contribution in [2.75, 3.05) is 19.8 Å². The number of carboxylic acids is 1. The van der Waals surface area contributed by atoms with Gasteiger partial charge < -0.3 is 19.2 Å². The number of furan rings is 1. The van der Waals surface area contributed by atoms with Crippen molar-refractivity contribution < 1.29 is 23.8 Å². The Bertz CT molecular complexity index is 718. The number of amides is 1. The van der Waals surface area contributed by atoms with Gasteiger partial charge in [0, 0.05) is 32.4 Å². The molecule has 1 saturated heterocycles. The largest absolute Gasteiger partial charge is 0.478 e. The van der Waals surface area contributed by atoms with Crippen molar-refractivity contribution in [1.82, 2.24) is 4.90 Å². The fraction of sp³-hybridized carbons (Fsp3) is 0.368. The van der Waals surface area contributed by atoms with Crippen LogP contribution in [-0.4, -0.2) is 41.6 Å². The number of carbonyl (C=O) groups is 2. The Kier molecular flexibility index (Phi) is 5.50. The van der Waals surface area contributed by atoms with Gasteiger partial charge in [0.25, 0.3) is 5.91 Å². The van der Waals surface area contributed by atoms with E-state index >= 15 is 0 Å². The quantitative estimate of drug-likeness (QED) is 0.872. The molecular formula is C19H21NO5. The summed E-state index contributed by atoms with van der Waals surface area (Å²) in [6, 6.07) is 11.0. The molecule has 0 spiro atoms. The number of ether oxygens (including phenoxy) is 1. The first kappa shape index (κ1) is 17.2. The topological polar surface area (TPSA) is 80.0 Å². The fourth-order valence-corrected chi connectivity index (χ4v) is 2.98. The number of carboxylic acid groups (broad SMARTS) is 1. The number of carbonyl (C=O) groups excluding carboxylic acids is 1. The van der Waals surface area contributed by atoms with Crippen molar-refractivity contribution in [2.24, 2.45) is 5.92 Å². The van der Waals surface area contributed by atoms with Crippen molar-refractivity contribution in [3.63, 3.8) is 0 Å². The molecule has 0 radical (unpaired) electrons. The van der Waals surface area contributed by atoms with Gasteiger partial charge >= 0.3 is 5.97 Å². The van der Waals surface area contributed by atoms with Crippen molar-refractivity contribution in [2.45, 2.75) is 19.4 Å². The Morgan fingerprint density at radius 3 is 2.52 bits per heavy atom. The molecular weight excluding hydrogens is 322 g/mol. The first-order valence-electron chi connectivity index (χ1n) is 8.36. The molecule has 132 valence electrons. The van der Waals surface area contributed by atoms with Gasteiger partial charge in [-0.15, -0.1) is 0 Å². The van der Waals surface area contributed by atoms with Gasteiger partial charge in [-0.05, 0) is 24.3 Å². The van der Waals surface area contributed by atoms with Gasteiger partial charge in [0.1, 0.15) is 6.26 Å². The lowest BCUT2D eigenvalue weighted by atomic mass is 9.99. The molecule has 1 fully saturated rings. The average molecular weight is 343 g/mol. The van der Waals surface area contributed by atoms with E-state index in [1.165, 1.54) is 6.07 Å². The van der Waals surface area contributed by atoms with Crippen LogP contribution in [-0.2, 0) is 11.3 Å². The van der Waals surface area contributed by atoms with Gasteiger partial charge in [0.2, 0.25) is 0 Å². The molecule has 1 aromatic carbocycles. The van der Waals surface area contributed by atoms with Gasteiger partial charge in [-0.1, -0.05) is 30.3 Å². The molecule has 1 aliphatic rings. The van der Waals surface area contributed by atoms with Gasteiger partial charge in [0.15, 0.2) is 5.76 Å². The fourth-order valence-electron chi connectivity index (χ4n) is 2.98. The second-order valence-electron chi connectivity index (χ2n) is 6.23. The summed E-state index contributed by atoms with van der Waals surface area (Å²) in [5.74, 6) is -0.972. The third-order valence-electron chi connectivity index (χ3n) is 4.38. The molecule has 1 aliphatic heterocycles. The van der Waals surface area contributed by atoms with Crippen molar-refractivity contribution >= 4 is 11.9 Å². The van der Waals surface area contributed by atoms with Crippen LogP contribution < -0.4 is 0 Å². The van der Waals surface area contributed by atoms with Crippen molar-refractivity contribution in [1.29, 1.82) is 0 Å². The molecule has 0 unspecified atom stereocenters. The van der Waals surface area contributed by atoms with Crippen LogP contribution in [0.4, 0.5) is 0 Å². The summed E-state index contributed by atoms with van der Waals surface area (Å²) in [4.78, 5) is 25.6. The zero-order chi connectivity index (χ0) is 17.6. The Labute approximate surface area is 146 Å². The molecule has 1 aromatic heterocycles. The highest BCUT2D eigenvalue weighted by molar-refractivity contribution is 5.95. The van der Waals surface area contributed by atoms with Crippen LogP contribution in [0.25, 0.3) is 0 Å². The van der Waals surface area contributed by atoms with E-state index in [2.05, 4.69) is 0 Å². The minimum atomic E-state index is -1.11. The number of hydrogen-bond donors (Lipinski definition) is 1. The van der Waals surface area contributed by atoms with E-state index < -0.39 is 5.97 Å². The second kappa shape index (κ2) is 7.98. The molecule has 2 aromatic rings. The molecule has 0 saturated carbocycles. The standard InChI is InChI=1S/C19H21NO5/c21-18(17-10-16(13-25-17)19(22)23)20(11-14-4-2-1-3-5-14)12-15-6-8-24-9-7-15/h1-5,10,13,15H,6-9,11-12H2,(H,22,23). The monoisotopic (exact) mass is 343 g/mol. The van der Waals surface area contributed by atoms with Crippen LogP contribution >= 0.6 is 0 Å². The number of benzene rings is 1. The van der Waals surface area contributed by atoms with Crippen LogP contribution in [0.15, 0.2) is 47.1 Å². The van der Waals surface area contributed by atoms with E-state index in [4.69, 9.17) is 14.3 Å². The highest BCUT2D eigenvalue weighted by Gasteiger charge is 2.25. The molecule has 2 heterocycles. The van der Waals surface area contributed by atoms with Crippen LogP contribution in [0.3, 0.4) is 0 Å². The predicted molar refractivity (Wildman–Crippen MR) is 90.4 cm³/mol. The molecule has 25 heavy (non-hydrogen) atoms. The lowest BCUT2D eigenvalue weighted by molar-refractivity contribution is 0.0432. The molecule has 0 bridgehead atoms. The summed E-state index contributed by atoms with van der Waals surface area (Å²) < 4.78 is 10.6. The highest BCUT2D eigenvalue weighted by atomic mass is 16.5. The zero-order valence-corrected chi connectivity index (χ0v) is 13.9. The normalized spacial score (nSPS) is 15.0. The number of aromatic carboxylic acids is 1. The van der Waals surface area contributed by atoms with Crippen LogP contribution in [0, 0.1) is 5.92 Å². The van der Waals surface area contributed by atoms with E-state index in [0.717, 1.165) is 24.7 Å². The van der Waals surface area contributed by atoms with Crippen LogP contribution in [0.5, 0.6) is 0 Å². The van der Waals surface area contributed by atoms with Crippen molar-refractivity contribution in [3.8, 4) is 0 Å². The Balaban J connectivity index is 1.78. The average Bonchev–Trinajstić information content (AvgIpc) is 3.13. The third-order valence-corrected chi connectivity index (χ3v) is 4.38. The minimum Gasteiger partial charge on any atom is -0.478 e. The van der Waals surface area contributed by atoms with E-state index in [1.54, 1.807) is 4.90 Å². The summed E-state index contributed by atoms with van der Waals surface area (Å²) >= 11 is 0.